The van der Waals surface area contributed by atoms with Crippen LogP contribution in [0.25, 0.3) is 0 Å². The minimum absolute atomic E-state index is 0.00210. The zero-order chi connectivity index (χ0) is 19.6. The zero-order valence-electron chi connectivity index (χ0n) is 15.1. The summed E-state index contributed by atoms with van der Waals surface area (Å²) >= 11 is 0. The molecule has 27 heavy (non-hydrogen) atoms. The van der Waals surface area contributed by atoms with Crippen LogP contribution in [0.5, 0.6) is 0 Å². The number of aliphatic imine (C=N–C) groups is 1. The molecule has 0 bridgehead atoms. The Balaban J connectivity index is 1.84. The number of carbonyl (C=O) groups is 2. The summed E-state index contributed by atoms with van der Waals surface area (Å²) < 4.78 is 9.90. The number of ether oxygens (including phenoxy) is 2. The van der Waals surface area contributed by atoms with E-state index < -0.39 is 11.9 Å². The molecule has 0 aliphatic carbocycles. The van der Waals surface area contributed by atoms with Crippen molar-refractivity contribution < 1.29 is 24.2 Å². The van der Waals surface area contributed by atoms with E-state index in [0.717, 1.165) is 16.8 Å². The van der Waals surface area contributed by atoms with Crippen molar-refractivity contribution in [1.29, 1.82) is 0 Å². The maximum atomic E-state index is 11.9. The molecule has 2 aromatic rings. The van der Waals surface area contributed by atoms with Gasteiger partial charge >= 0.3 is 11.9 Å². The molecule has 2 aromatic carbocycles. The highest BCUT2D eigenvalue weighted by atomic mass is 16.6. The largest absolute Gasteiger partial charge is 0.459 e. The Morgan fingerprint density at radius 1 is 1.04 bits per heavy atom. The molecule has 0 radical (unpaired) electrons. The first-order valence-electron chi connectivity index (χ1n) is 8.33. The molecule has 140 valence electrons. The lowest BCUT2D eigenvalue weighted by atomic mass is 10.1. The third-order valence-corrected chi connectivity index (χ3v) is 3.53. The fraction of sp³-hybridized carbons (Fsp3) is 0.190. The molecule has 0 aromatic heterocycles. The summed E-state index contributed by atoms with van der Waals surface area (Å²) in [4.78, 5) is 27.5. The second-order valence-electron chi connectivity index (χ2n) is 5.76. The molecular weight excluding hydrogens is 346 g/mol. The quantitative estimate of drug-likeness (QED) is 0.335. The summed E-state index contributed by atoms with van der Waals surface area (Å²) in [6.45, 7) is 4.97. The van der Waals surface area contributed by atoms with Crippen molar-refractivity contribution in [3.8, 4) is 0 Å². The molecule has 0 atom stereocenters. The van der Waals surface area contributed by atoms with Crippen LogP contribution in [0, 0.1) is 0 Å². The molecule has 0 amide bonds. The molecule has 0 aliphatic rings. The van der Waals surface area contributed by atoms with Crippen LogP contribution in [0.4, 0.5) is 5.69 Å². The third kappa shape index (κ3) is 6.52. The van der Waals surface area contributed by atoms with Crippen LogP contribution in [0.1, 0.15) is 28.4 Å². The highest BCUT2D eigenvalue weighted by Gasteiger charge is 2.08. The Labute approximate surface area is 157 Å². The predicted molar refractivity (Wildman–Crippen MR) is 102 cm³/mol. The number of aliphatic hydroxyl groups excluding tert-OH is 1. The SMILES string of the molecule is C=C(C)C(=O)OCCOC(=O)c1ccc(C=Nc2ccc(CO)cc2)cc1. The van der Waals surface area contributed by atoms with Crippen LogP contribution in [0.3, 0.4) is 0 Å². The number of carbonyl (C=O) groups excluding carboxylic acids is 2. The first kappa shape index (κ1) is 20.1. The normalized spacial score (nSPS) is 10.6. The van der Waals surface area contributed by atoms with Gasteiger partial charge in [-0.1, -0.05) is 30.8 Å². The molecule has 0 spiro atoms. The maximum absolute atomic E-state index is 11.9. The second-order valence-corrected chi connectivity index (χ2v) is 5.76. The van der Waals surface area contributed by atoms with E-state index in [4.69, 9.17) is 14.6 Å². The summed E-state index contributed by atoms with van der Waals surface area (Å²) in [5.74, 6) is -1.01. The van der Waals surface area contributed by atoms with Crippen LogP contribution in [-0.2, 0) is 20.9 Å². The number of esters is 2. The first-order chi connectivity index (χ1) is 13.0. The van der Waals surface area contributed by atoms with Crippen LogP contribution < -0.4 is 0 Å². The second kappa shape index (κ2) is 10.0. The first-order valence-corrected chi connectivity index (χ1v) is 8.33. The van der Waals surface area contributed by atoms with E-state index in [1.807, 2.05) is 12.1 Å². The monoisotopic (exact) mass is 367 g/mol. The van der Waals surface area contributed by atoms with Gasteiger partial charge in [0.15, 0.2) is 0 Å². The average molecular weight is 367 g/mol. The summed E-state index contributed by atoms with van der Waals surface area (Å²) in [6, 6.07) is 14.0. The fourth-order valence-electron chi connectivity index (χ4n) is 2.02. The molecular formula is C21H21NO5. The third-order valence-electron chi connectivity index (χ3n) is 3.53. The van der Waals surface area contributed by atoms with Gasteiger partial charge in [-0.05, 0) is 42.3 Å². The van der Waals surface area contributed by atoms with Crippen LogP contribution in [-0.4, -0.2) is 36.5 Å². The lowest BCUT2D eigenvalue weighted by Crippen LogP contribution is -2.14. The van der Waals surface area contributed by atoms with E-state index >= 15 is 0 Å². The minimum Gasteiger partial charge on any atom is -0.459 e. The van der Waals surface area contributed by atoms with Gasteiger partial charge in [0.2, 0.25) is 0 Å². The molecule has 6 nitrogen and oxygen atoms in total. The van der Waals surface area contributed by atoms with E-state index in [9.17, 15) is 9.59 Å². The summed E-state index contributed by atoms with van der Waals surface area (Å²) in [6.07, 6.45) is 1.68. The molecule has 0 fully saturated rings. The Kier molecular flexibility index (Phi) is 7.46. The Morgan fingerprint density at radius 3 is 2.26 bits per heavy atom. The summed E-state index contributed by atoms with van der Waals surface area (Å²) in [5.41, 5.74) is 3.10. The highest BCUT2D eigenvalue weighted by Crippen LogP contribution is 2.13. The smallest absolute Gasteiger partial charge is 0.338 e. The zero-order valence-corrected chi connectivity index (χ0v) is 15.1. The van der Waals surface area contributed by atoms with E-state index in [0.29, 0.717) is 11.1 Å². The van der Waals surface area contributed by atoms with E-state index in [-0.39, 0.29) is 19.8 Å². The van der Waals surface area contributed by atoms with Crippen LogP contribution in [0.2, 0.25) is 0 Å². The standard InChI is InChI=1S/C21H21NO5/c1-15(2)20(24)26-11-12-27-21(25)18-7-3-16(4-8-18)13-22-19-9-5-17(14-23)6-10-19/h3-10,13,23H,1,11-12,14H2,2H3. The van der Waals surface area contributed by atoms with Gasteiger partial charge < -0.3 is 14.6 Å². The molecule has 0 saturated carbocycles. The van der Waals surface area contributed by atoms with Crippen molar-refractivity contribution in [2.75, 3.05) is 13.2 Å². The molecule has 0 heterocycles. The average Bonchev–Trinajstić information content (AvgIpc) is 2.70. The molecule has 2 rings (SSSR count). The molecule has 0 unspecified atom stereocenters. The Hall–Kier alpha value is -3.25. The van der Waals surface area contributed by atoms with E-state index in [1.54, 1.807) is 49.5 Å². The Morgan fingerprint density at radius 2 is 1.67 bits per heavy atom. The topological polar surface area (TPSA) is 85.2 Å². The van der Waals surface area contributed by atoms with Gasteiger partial charge in [0.05, 0.1) is 17.9 Å². The van der Waals surface area contributed by atoms with Crippen molar-refractivity contribution in [2.45, 2.75) is 13.5 Å². The van der Waals surface area contributed by atoms with Gasteiger partial charge in [-0.15, -0.1) is 0 Å². The van der Waals surface area contributed by atoms with E-state index in [1.165, 1.54) is 0 Å². The Bertz CT molecular complexity index is 823. The molecule has 1 N–H and O–H groups in total. The predicted octanol–water partition coefficient (Wildman–Crippen LogP) is 3.21. The summed E-state index contributed by atoms with van der Waals surface area (Å²) in [7, 11) is 0. The maximum Gasteiger partial charge on any atom is 0.338 e. The molecule has 0 aliphatic heterocycles. The van der Waals surface area contributed by atoms with Gasteiger partial charge in [0.1, 0.15) is 13.2 Å². The van der Waals surface area contributed by atoms with Gasteiger partial charge in [0.25, 0.3) is 0 Å². The number of benzene rings is 2. The minimum atomic E-state index is -0.513. The number of hydrogen-bond donors (Lipinski definition) is 1. The lowest BCUT2D eigenvalue weighted by Gasteiger charge is -2.06. The van der Waals surface area contributed by atoms with Crippen LogP contribution >= 0.6 is 0 Å². The molecule has 0 saturated heterocycles. The number of hydrogen-bond acceptors (Lipinski definition) is 6. The van der Waals surface area contributed by atoms with E-state index in [2.05, 4.69) is 11.6 Å². The van der Waals surface area contributed by atoms with Gasteiger partial charge in [-0.2, -0.15) is 0 Å². The van der Waals surface area contributed by atoms with Crippen molar-refractivity contribution in [3.05, 3.63) is 77.4 Å². The van der Waals surface area contributed by atoms with Crippen molar-refractivity contribution >= 4 is 23.8 Å². The van der Waals surface area contributed by atoms with Crippen molar-refractivity contribution in [1.82, 2.24) is 0 Å². The number of nitrogens with zero attached hydrogens (tertiary/aromatic N) is 1. The van der Waals surface area contributed by atoms with Gasteiger partial charge in [-0.25, -0.2) is 9.59 Å². The fourth-order valence-corrected chi connectivity index (χ4v) is 2.02. The van der Waals surface area contributed by atoms with Crippen molar-refractivity contribution in [3.63, 3.8) is 0 Å². The van der Waals surface area contributed by atoms with Crippen LogP contribution in [0.15, 0.2) is 65.7 Å². The summed E-state index contributed by atoms with van der Waals surface area (Å²) in [5, 5.41) is 9.02. The number of rotatable bonds is 8. The van der Waals surface area contributed by atoms with Gasteiger partial charge in [-0.3, -0.25) is 4.99 Å². The highest BCUT2D eigenvalue weighted by molar-refractivity contribution is 5.91. The lowest BCUT2D eigenvalue weighted by molar-refractivity contribution is -0.140. The molecule has 6 heteroatoms. The van der Waals surface area contributed by atoms with Crippen molar-refractivity contribution in [2.24, 2.45) is 4.99 Å². The number of aliphatic hydroxyl groups is 1. The van der Waals surface area contributed by atoms with Gasteiger partial charge in [0, 0.05) is 11.8 Å².